The Bertz CT molecular complexity index is 989. The van der Waals surface area contributed by atoms with Gasteiger partial charge in [-0.3, -0.25) is 9.59 Å². The van der Waals surface area contributed by atoms with Crippen LogP contribution in [0.15, 0.2) is 77.3 Å². The van der Waals surface area contributed by atoms with Crippen molar-refractivity contribution in [3.63, 3.8) is 0 Å². The molecule has 0 unspecified atom stereocenters. The summed E-state index contributed by atoms with van der Waals surface area (Å²) in [5, 5.41) is 5.59. The van der Waals surface area contributed by atoms with Crippen molar-refractivity contribution in [1.82, 2.24) is 0 Å². The van der Waals surface area contributed by atoms with E-state index in [4.69, 9.17) is 4.74 Å². The zero-order chi connectivity index (χ0) is 20.6. The lowest BCUT2D eigenvalue weighted by atomic mass is 10.2. The molecule has 0 aliphatic heterocycles. The fourth-order valence-electron chi connectivity index (χ4n) is 2.65. The lowest BCUT2D eigenvalue weighted by Gasteiger charge is -2.10. The van der Waals surface area contributed by atoms with E-state index in [1.807, 2.05) is 36.4 Å². The van der Waals surface area contributed by atoms with Gasteiger partial charge in [0.1, 0.15) is 5.75 Å². The number of amides is 2. The molecule has 0 heterocycles. The molecule has 5 nitrogen and oxygen atoms in total. The molecule has 3 aromatic carbocycles. The number of benzene rings is 3. The molecule has 3 aromatic rings. The summed E-state index contributed by atoms with van der Waals surface area (Å²) in [6.07, 6.45) is 0.932. The van der Waals surface area contributed by atoms with E-state index in [-0.39, 0.29) is 18.4 Å². The minimum atomic E-state index is -0.266. The third-order valence-corrected chi connectivity index (χ3v) is 4.85. The summed E-state index contributed by atoms with van der Waals surface area (Å²) in [6, 6.07) is 21.7. The molecule has 0 radical (unpaired) electrons. The summed E-state index contributed by atoms with van der Waals surface area (Å²) in [5.41, 5.74) is 3.04. The molecule has 0 aliphatic rings. The molecule has 0 atom stereocenters. The predicted molar refractivity (Wildman–Crippen MR) is 118 cm³/mol. The molecule has 0 aromatic heterocycles. The van der Waals surface area contributed by atoms with Gasteiger partial charge in [-0.2, -0.15) is 0 Å². The van der Waals surface area contributed by atoms with Crippen LogP contribution in [0.25, 0.3) is 0 Å². The molecule has 3 rings (SSSR count). The van der Waals surface area contributed by atoms with Crippen LogP contribution >= 0.6 is 15.9 Å². The van der Waals surface area contributed by atoms with Gasteiger partial charge in [0.15, 0.2) is 6.61 Å². The maximum Gasteiger partial charge on any atom is 0.262 e. The van der Waals surface area contributed by atoms with E-state index < -0.39 is 0 Å². The van der Waals surface area contributed by atoms with Crippen molar-refractivity contribution in [2.24, 2.45) is 0 Å². The van der Waals surface area contributed by atoms with E-state index >= 15 is 0 Å². The third-order valence-electron chi connectivity index (χ3n) is 4.23. The minimum absolute atomic E-state index is 0.101. The Morgan fingerprint density at radius 3 is 2.17 bits per heavy atom. The van der Waals surface area contributed by atoms with Gasteiger partial charge in [0.2, 0.25) is 0 Å². The molecular formula is C23H21BrN2O3. The van der Waals surface area contributed by atoms with Crippen LogP contribution in [0.4, 0.5) is 11.4 Å². The van der Waals surface area contributed by atoms with E-state index in [2.05, 4.69) is 33.5 Å². The number of carbonyl (C=O) groups is 2. The first kappa shape index (κ1) is 20.6. The Kier molecular flexibility index (Phi) is 7.03. The zero-order valence-corrected chi connectivity index (χ0v) is 17.5. The molecule has 0 spiro atoms. The van der Waals surface area contributed by atoms with Gasteiger partial charge in [-0.05, 0) is 76.4 Å². The topological polar surface area (TPSA) is 67.4 Å². The van der Waals surface area contributed by atoms with Gasteiger partial charge in [0.25, 0.3) is 11.8 Å². The number of anilines is 2. The Balaban J connectivity index is 1.51. The second-order valence-electron chi connectivity index (χ2n) is 6.35. The average molecular weight is 453 g/mol. The number of rotatable bonds is 7. The third kappa shape index (κ3) is 5.93. The number of nitrogens with one attached hydrogen (secondary N) is 2. The largest absolute Gasteiger partial charge is 0.483 e. The lowest BCUT2D eigenvalue weighted by molar-refractivity contribution is -0.118. The summed E-state index contributed by atoms with van der Waals surface area (Å²) in [4.78, 5) is 24.3. The van der Waals surface area contributed by atoms with Crippen LogP contribution < -0.4 is 15.4 Å². The van der Waals surface area contributed by atoms with Gasteiger partial charge in [0, 0.05) is 16.9 Å². The molecular weight excluding hydrogens is 432 g/mol. The second kappa shape index (κ2) is 9.89. The summed E-state index contributed by atoms with van der Waals surface area (Å²) >= 11 is 3.46. The fraction of sp³-hybridized carbons (Fsp3) is 0.130. The number of ether oxygens (including phenoxy) is 1. The maximum atomic E-state index is 12.2. The van der Waals surface area contributed by atoms with Crippen LogP contribution in [0.3, 0.4) is 0 Å². The summed E-state index contributed by atoms with van der Waals surface area (Å²) < 4.78 is 6.40. The number of hydrogen-bond acceptors (Lipinski definition) is 3. The highest BCUT2D eigenvalue weighted by atomic mass is 79.9. The molecule has 148 valence electrons. The summed E-state index contributed by atoms with van der Waals surface area (Å²) in [7, 11) is 0. The van der Waals surface area contributed by atoms with Crippen LogP contribution in [0, 0.1) is 0 Å². The van der Waals surface area contributed by atoms with Crippen molar-refractivity contribution in [2.75, 3.05) is 17.2 Å². The fourth-order valence-corrected chi connectivity index (χ4v) is 3.19. The minimum Gasteiger partial charge on any atom is -0.483 e. The van der Waals surface area contributed by atoms with Gasteiger partial charge < -0.3 is 15.4 Å². The number of hydrogen-bond donors (Lipinski definition) is 2. The zero-order valence-electron chi connectivity index (χ0n) is 15.9. The molecule has 0 aliphatic carbocycles. The predicted octanol–water partition coefficient (Wildman–Crippen LogP) is 5.28. The van der Waals surface area contributed by atoms with Crippen molar-refractivity contribution >= 4 is 39.1 Å². The van der Waals surface area contributed by atoms with Crippen LogP contribution in [-0.2, 0) is 11.2 Å². The van der Waals surface area contributed by atoms with Gasteiger partial charge >= 0.3 is 0 Å². The average Bonchev–Trinajstić information content (AvgIpc) is 2.74. The highest BCUT2D eigenvalue weighted by Gasteiger charge is 2.08. The molecule has 0 fully saturated rings. The highest BCUT2D eigenvalue weighted by Crippen LogP contribution is 2.26. The van der Waals surface area contributed by atoms with Gasteiger partial charge in [-0.15, -0.1) is 0 Å². The Morgan fingerprint density at radius 2 is 1.55 bits per heavy atom. The Morgan fingerprint density at radius 1 is 0.897 bits per heavy atom. The molecule has 6 heteroatoms. The van der Waals surface area contributed by atoms with E-state index in [1.165, 1.54) is 5.56 Å². The first-order valence-electron chi connectivity index (χ1n) is 9.22. The highest BCUT2D eigenvalue weighted by molar-refractivity contribution is 9.10. The van der Waals surface area contributed by atoms with E-state index in [0.29, 0.717) is 22.7 Å². The Hall–Kier alpha value is -3.12. The normalized spacial score (nSPS) is 10.3. The second-order valence-corrected chi connectivity index (χ2v) is 7.21. The summed E-state index contributed by atoms with van der Waals surface area (Å²) in [5.74, 6) is 0.171. The quantitative estimate of drug-likeness (QED) is 0.512. The van der Waals surface area contributed by atoms with Gasteiger partial charge in [-0.25, -0.2) is 0 Å². The smallest absolute Gasteiger partial charge is 0.262 e. The van der Waals surface area contributed by atoms with E-state index in [1.54, 1.807) is 36.4 Å². The summed E-state index contributed by atoms with van der Waals surface area (Å²) in [6.45, 7) is 1.98. The van der Waals surface area contributed by atoms with Crippen LogP contribution in [0.2, 0.25) is 0 Å². The maximum absolute atomic E-state index is 12.2. The molecule has 29 heavy (non-hydrogen) atoms. The lowest BCUT2D eigenvalue weighted by Crippen LogP contribution is -2.20. The van der Waals surface area contributed by atoms with Crippen molar-refractivity contribution in [2.45, 2.75) is 13.3 Å². The van der Waals surface area contributed by atoms with Crippen LogP contribution in [0.1, 0.15) is 22.8 Å². The molecule has 0 saturated carbocycles. The van der Waals surface area contributed by atoms with E-state index in [0.717, 1.165) is 10.9 Å². The van der Waals surface area contributed by atoms with Gasteiger partial charge in [0.05, 0.1) is 4.47 Å². The monoisotopic (exact) mass is 452 g/mol. The van der Waals surface area contributed by atoms with Crippen molar-refractivity contribution < 1.29 is 14.3 Å². The SMILES string of the molecule is CCc1ccc(OCC(=O)Nc2ccc(NC(=O)c3ccccc3)cc2)c(Br)c1. The first-order chi connectivity index (χ1) is 14.0. The molecule has 2 N–H and O–H groups in total. The number of carbonyl (C=O) groups excluding carboxylic acids is 2. The van der Waals surface area contributed by atoms with Gasteiger partial charge in [-0.1, -0.05) is 31.2 Å². The van der Waals surface area contributed by atoms with Crippen molar-refractivity contribution in [3.05, 3.63) is 88.4 Å². The molecule has 2 amide bonds. The van der Waals surface area contributed by atoms with E-state index in [9.17, 15) is 9.59 Å². The van der Waals surface area contributed by atoms with Crippen LogP contribution in [0.5, 0.6) is 5.75 Å². The molecule has 0 bridgehead atoms. The van der Waals surface area contributed by atoms with Crippen molar-refractivity contribution in [1.29, 1.82) is 0 Å². The number of aryl methyl sites for hydroxylation is 1. The molecule has 0 saturated heterocycles. The van der Waals surface area contributed by atoms with Crippen molar-refractivity contribution in [3.8, 4) is 5.75 Å². The Labute approximate surface area is 178 Å². The standard InChI is InChI=1S/C23H21BrN2O3/c1-2-16-8-13-21(20(24)14-16)29-15-22(27)25-18-9-11-19(12-10-18)26-23(28)17-6-4-3-5-7-17/h3-14H,2,15H2,1H3,(H,25,27)(H,26,28). The number of halogens is 1. The van der Waals surface area contributed by atoms with Crippen LogP contribution in [-0.4, -0.2) is 18.4 Å². The first-order valence-corrected chi connectivity index (χ1v) is 10.0.